The Morgan fingerprint density at radius 3 is 2.78 bits per heavy atom. The minimum atomic E-state index is -0.957. The zero-order valence-electron chi connectivity index (χ0n) is 10.3. The van der Waals surface area contributed by atoms with Crippen molar-refractivity contribution in [3.05, 3.63) is 29.8 Å². The molecule has 0 bridgehead atoms. The van der Waals surface area contributed by atoms with Crippen LogP contribution < -0.4 is 10.6 Å². The molecule has 1 saturated heterocycles. The first-order valence-corrected chi connectivity index (χ1v) is 5.88. The second-order valence-electron chi connectivity index (χ2n) is 4.02. The van der Waals surface area contributed by atoms with E-state index in [9.17, 15) is 9.18 Å². The van der Waals surface area contributed by atoms with Gasteiger partial charge in [-0.25, -0.2) is 4.39 Å². The molecule has 0 aromatic carbocycles. The highest BCUT2D eigenvalue weighted by molar-refractivity contribution is 6.09. The maximum Gasteiger partial charge on any atom is 0.258 e. The Kier molecular flexibility index (Phi) is 3.27. The quantitative estimate of drug-likeness (QED) is 0.838. The van der Waals surface area contributed by atoms with Crippen LogP contribution in [0.5, 0.6) is 0 Å². The predicted octanol–water partition coefficient (Wildman–Crippen LogP) is 0.921. The second-order valence-corrected chi connectivity index (χ2v) is 4.02. The molecule has 1 amide bonds. The first-order chi connectivity index (χ1) is 8.62. The zero-order chi connectivity index (χ0) is 13.2. The first kappa shape index (κ1) is 12.5. The van der Waals surface area contributed by atoms with Crippen LogP contribution in [0.1, 0.15) is 26.0 Å². The Bertz CT molecular complexity index is 485. The topological polar surface area (TPSA) is 66.4 Å². The molecule has 5 nitrogen and oxygen atoms in total. The summed E-state index contributed by atoms with van der Waals surface area (Å²) in [6.45, 7) is 4.31. The number of hydrogen-bond donors (Lipinski definition) is 2. The van der Waals surface area contributed by atoms with Gasteiger partial charge in [0.15, 0.2) is 11.5 Å². The fraction of sp³-hybridized carbons (Fsp3) is 0.417. The van der Waals surface area contributed by atoms with Gasteiger partial charge in [-0.2, -0.15) is 0 Å². The lowest BCUT2D eigenvalue weighted by Gasteiger charge is -2.23. The third kappa shape index (κ3) is 1.94. The van der Waals surface area contributed by atoms with Crippen molar-refractivity contribution in [1.82, 2.24) is 15.6 Å². The van der Waals surface area contributed by atoms with E-state index in [0.29, 0.717) is 24.6 Å². The number of carbonyl (C=O) groups excluding carboxylic acids is 1. The number of rotatable bonds is 3. The minimum Gasteiger partial charge on any atom is -0.337 e. The zero-order valence-corrected chi connectivity index (χ0v) is 10.3. The number of pyridine rings is 1. The summed E-state index contributed by atoms with van der Waals surface area (Å²) in [5.74, 6) is -0.197. The van der Waals surface area contributed by atoms with Crippen LogP contribution in [0.2, 0.25) is 0 Å². The van der Waals surface area contributed by atoms with Gasteiger partial charge in [0.25, 0.3) is 5.91 Å². The van der Waals surface area contributed by atoms with Crippen molar-refractivity contribution in [2.24, 2.45) is 4.99 Å². The van der Waals surface area contributed by atoms with Gasteiger partial charge in [-0.1, -0.05) is 6.92 Å². The number of aromatic nitrogens is 1. The van der Waals surface area contributed by atoms with Crippen molar-refractivity contribution in [1.29, 1.82) is 0 Å². The van der Waals surface area contributed by atoms with Gasteiger partial charge >= 0.3 is 0 Å². The number of amides is 1. The van der Waals surface area contributed by atoms with Crippen molar-refractivity contribution in [3.8, 4) is 0 Å². The molecule has 0 spiro atoms. The second kappa shape index (κ2) is 4.72. The lowest BCUT2D eigenvalue weighted by atomic mass is 9.92. The number of aliphatic imine (C=N–C) groups is 1. The van der Waals surface area contributed by atoms with Crippen LogP contribution in [0.4, 0.5) is 4.39 Å². The Morgan fingerprint density at radius 2 is 2.22 bits per heavy atom. The molecule has 0 aliphatic carbocycles. The van der Waals surface area contributed by atoms with Crippen LogP contribution in [0.25, 0.3) is 0 Å². The molecule has 2 N–H and O–H groups in total. The fourth-order valence-corrected chi connectivity index (χ4v) is 1.98. The van der Waals surface area contributed by atoms with Gasteiger partial charge < -0.3 is 5.32 Å². The molecular weight excluding hydrogens is 235 g/mol. The van der Waals surface area contributed by atoms with Gasteiger partial charge in [-0.3, -0.25) is 20.1 Å². The molecule has 96 valence electrons. The first-order valence-electron chi connectivity index (χ1n) is 5.88. The molecular formula is C12H15FN4O. The molecule has 1 aromatic heterocycles. The molecule has 0 radical (unpaired) electrons. The van der Waals surface area contributed by atoms with E-state index in [1.165, 1.54) is 12.1 Å². The Hall–Kier alpha value is -1.98. The summed E-state index contributed by atoms with van der Waals surface area (Å²) in [5, 5.41) is 5.72. The van der Waals surface area contributed by atoms with E-state index in [1.807, 2.05) is 13.8 Å². The third-order valence-corrected chi connectivity index (χ3v) is 2.96. The number of guanidine groups is 1. The summed E-state index contributed by atoms with van der Waals surface area (Å²) in [6.07, 6.45) is 1.61. The van der Waals surface area contributed by atoms with E-state index < -0.39 is 11.4 Å². The van der Waals surface area contributed by atoms with E-state index in [2.05, 4.69) is 20.6 Å². The van der Waals surface area contributed by atoms with Gasteiger partial charge in [0.2, 0.25) is 0 Å². The predicted molar refractivity (Wildman–Crippen MR) is 65.4 cm³/mol. The van der Waals surface area contributed by atoms with Crippen LogP contribution in [0.15, 0.2) is 23.3 Å². The maximum atomic E-state index is 12.9. The molecule has 1 unspecified atom stereocenters. The van der Waals surface area contributed by atoms with Crippen LogP contribution in [-0.2, 0) is 10.3 Å². The lowest BCUT2D eigenvalue weighted by molar-refractivity contribution is -0.124. The minimum absolute atomic E-state index is 0.212. The molecule has 1 atom stereocenters. The van der Waals surface area contributed by atoms with Gasteiger partial charge in [0.1, 0.15) is 5.82 Å². The number of hydrogen-bond acceptors (Lipinski definition) is 3. The highest BCUT2D eigenvalue weighted by atomic mass is 19.1. The Morgan fingerprint density at radius 1 is 1.44 bits per heavy atom. The standard InChI is InChI=1S/C12H15FN4O/c1-3-12(9-6-5-8(13)7-15-9)10(18)16-11(17-12)14-4-2/h5-7H,3-4H2,1-2H3,(H2,14,16,17,18). The fourth-order valence-electron chi connectivity index (χ4n) is 1.98. The third-order valence-electron chi connectivity index (χ3n) is 2.96. The summed E-state index contributed by atoms with van der Waals surface area (Å²) in [7, 11) is 0. The van der Waals surface area contributed by atoms with Crippen LogP contribution in [0.3, 0.4) is 0 Å². The molecule has 18 heavy (non-hydrogen) atoms. The molecule has 1 fully saturated rings. The van der Waals surface area contributed by atoms with Gasteiger partial charge in [0, 0.05) is 6.54 Å². The summed E-state index contributed by atoms with van der Waals surface area (Å²) in [6, 6.07) is 2.81. The molecule has 1 aliphatic heterocycles. The van der Waals surface area contributed by atoms with E-state index in [-0.39, 0.29) is 5.91 Å². The van der Waals surface area contributed by atoms with Crippen molar-refractivity contribution < 1.29 is 9.18 Å². The highest BCUT2D eigenvalue weighted by Crippen LogP contribution is 2.26. The Balaban J connectivity index is 2.40. The lowest BCUT2D eigenvalue weighted by Crippen LogP contribution is -2.44. The molecule has 2 heterocycles. The number of halogens is 1. The van der Waals surface area contributed by atoms with Crippen molar-refractivity contribution >= 4 is 11.9 Å². The van der Waals surface area contributed by atoms with Crippen LogP contribution >= 0.6 is 0 Å². The summed E-state index contributed by atoms with van der Waals surface area (Å²) >= 11 is 0. The highest BCUT2D eigenvalue weighted by Gasteiger charge is 2.46. The monoisotopic (exact) mass is 250 g/mol. The van der Waals surface area contributed by atoms with Crippen LogP contribution in [-0.4, -0.2) is 23.4 Å². The van der Waals surface area contributed by atoms with E-state index >= 15 is 0 Å². The van der Waals surface area contributed by atoms with Gasteiger partial charge in [0.05, 0.1) is 11.9 Å². The molecule has 6 heteroatoms. The number of nitrogens with one attached hydrogen (secondary N) is 2. The van der Waals surface area contributed by atoms with E-state index in [0.717, 1.165) is 6.20 Å². The van der Waals surface area contributed by atoms with Crippen molar-refractivity contribution in [2.45, 2.75) is 25.8 Å². The SMILES string of the molecule is CCN=C1NC(=O)C(CC)(c2ccc(F)cn2)N1. The number of carbonyl (C=O) groups is 1. The van der Waals surface area contributed by atoms with Crippen molar-refractivity contribution in [2.75, 3.05) is 6.54 Å². The largest absolute Gasteiger partial charge is 0.337 e. The van der Waals surface area contributed by atoms with Crippen LogP contribution in [0, 0.1) is 5.82 Å². The summed E-state index contributed by atoms with van der Waals surface area (Å²) in [5.41, 5.74) is -0.466. The number of nitrogens with zero attached hydrogens (tertiary/aromatic N) is 2. The average Bonchev–Trinajstić information content (AvgIpc) is 2.68. The molecule has 0 saturated carbocycles. The average molecular weight is 250 g/mol. The van der Waals surface area contributed by atoms with E-state index in [4.69, 9.17) is 0 Å². The molecule has 2 rings (SSSR count). The van der Waals surface area contributed by atoms with Gasteiger partial charge in [-0.05, 0) is 25.5 Å². The van der Waals surface area contributed by atoms with Gasteiger partial charge in [-0.15, -0.1) is 0 Å². The summed E-state index contributed by atoms with van der Waals surface area (Å²) < 4.78 is 12.9. The van der Waals surface area contributed by atoms with Crippen molar-refractivity contribution in [3.63, 3.8) is 0 Å². The normalized spacial score (nSPS) is 25.1. The summed E-state index contributed by atoms with van der Waals surface area (Å²) in [4.78, 5) is 20.2. The smallest absolute Gasteiger partial charge is 0.258 e. The molecule has 1 aromatic rings. The van der Waals surface area contributed by atoms with E-state index in [1.54, 1.807) is 0 Å². The Labute approximate surface area is 105 Å². The molecule has 1 aliphatic rings. The maximum absolute atomic E-state index is 12.9.